The molecule has 0 aliphatic carbocycles. The van der Waals surface area contributed by atoms with Gasteiger partial charge in [0.05, 0.1) is 17.8 Å². The zero-order chi connectivity index (χ0) is 16.3. The zero-order valence-corrected chi connectivity index (χ0v) is 14.4. The first-order chi connectivity index (χ1) is 10.4. The molecular weight excluding hydrogens is 298 g/mol. The summed E-state index contributed by atoms with van der Waals surface area (Å²) < 4.78 is 1.84. The molecule has 7 heteroatoms. The third-order valence-electron chi connectivity index (χ3n) is 3.68. The van der Waals surface area contributed by atoms with Crippen LogP contribution in [0.15, 0.2) is 0 Å². The van der Waals surface area contributed by atoms with Gasteiger partial charge in [-0.15, -0.1) is 0 Å². The van der Waals surface area contributed by atoms with Crippen molar-refractivity contribution in [3.05, 3.63) is 27.5 Å². The number of carbonyl (C=O) groups is 1. The molecule has 6 nitrogen and oxygen atoms in total. The average molecular weight is 321 g/mol. The van der Waals surface area contributed by atoms with Crippen molar-refractivity contribution in [2.24, 2.45) is 5.73 Å². The van der Waals surface area contributed by atoms with Crippen LogP contribution in [0.4, 0.5) is 0 Å². The maximum absolute atomic E-state index is 12.0. The number of hydrogen-bond acceptors (Lipinski definition) is 5. The van der Waals surface area contributed by atoms with Crippen molar-refractivity contribution in [1.29, 1.82) is 0 Å². The van der Waals surface area contributed by atoms with E-state index in [0.717, 1.165) is 34.2 Å². The van der Waals surface area contributed by atoms with Gasteiger partial charge in [-0.2, -0.15) is 5.10 Å². The fourth-order valence-electron chi connectivity index (χ4n) is 2.22. The van der Waals surface area contributed by atoms with Gasteiger partial charge in [0.15, 0.2) is 0 Å². The number of carbonyl (C=O) groups excluding carboxylic acids is 1. The molecule has 0 atom stereocenters. The minimum atomic E-state index is 0.00528. The molecule has 0 radical (unpaired) electrons. The first kappa shape index (κ1) is 16.6. The molecule has 0 aromatic carbocycles. The highest BCUT2D eigenvalue weighted by molar-refractivity contribution is 7.14. The topological polar surface area (TPSA) is 85.8 Å². The van der Waals surface area contributed by atoms with E-state index in [9.17, 15) is 4.79 Å². The predicted molar refractivity (Wildman–Crippen MR) is 88.6 cm³/mol. The van der Waals surface area contributed by atoms with E-state index in [4.69, 9.17) is 5.73 Å². The van der Waals surface area contributed by atoms with Crippen molar-refractivity contribution in [2.45, 2.75) is 40.5 Å². The number of aryl methyl sites for hydroxylation is 3. The van der Waals surface area contributed by atoms with Gasteiger partial charge in [0.1, 0.15) is 0 Å². The van der Waals surface area contributed by atoms with Gasteiger partial charge in [-0.3, -0.25) is 4.79 Å². The largest absolute Gasteiger partial charge is 0.356 e. The molecule has 0 saturated heterocycles. The third-order valence-corrected chi connectivity index (χ3v) is 4.73. The SMILES string of the molecule is Cc1nc(-n2nc(C)c(CC(=O)NCCCN)c2C)sc1C. The number of nitrogens with one attached hydrogen (secondary N) is 1. The van der Waals surface area contributed by atoms with E-state index >= 15 is 0 Å². The van der Waals surface area contributed by atoms with Gasteiger partial charge in [-0.25, -0.2) is 9.67 Å². The number of hydrogen-bond donors (Lipinski definition) is 2. The van der Waals surface area contributed by atoms with Gasteiger partial charge in [0.2, 0.25) is 11.0 Å². The van der Waals surface area contributed by atoms with Crippen LogP contribution in [0.1, 0.15) is 33.9 Å². The fourth-order valence-corrected chi connectivity index (χ4v) is 3.13. The van der Waals surface area contributed by atoms with Crippen LogP contribution in [0.3, 0.4) is 0 Å². The van der Waals surface area contributed by atoms with Gasteiger partial charge in [0, 0.05) is 22.7 Å². The van der Waals surface area contributed by atoms with E-state index in [1.165, 1.54) is 4.88 Å². The molecule has 3 N–H and O–H groups in total. The summed E-state index contributed by atoms with van der Waals surface area (Å²) in [6.07, 6.45) is 1.13. The first-order valence-corrected chi connectivity index (χ1v) is 8.22. The van der Waals surface area contributed by atoms with Crippen LogP contribution < -0.4 is 11.1 Å². The van der Waals surface area contributed by atoms with Gasteiger partial charge in [-0.1, -0.05) is 11.3 Å². The average Bonchev–Trinajstić information content (AvgIpc) is 2.93. The summed E-state index contributed by atoms with van der Waals surface area (Å²) in [5.74, 6) is 0.00528. The van der Waals surface area contributed by atoms with Crippen LogP contribution in [0.5, 0.6) is 0 Å². The molecule has 1 amide bonds. The summed E-state index contributed by atoms with van der Waals surface area (Å²) in [7, 11) is 0. The van der Waals surface area contributed by atoms with Crippen LogP contribution >= 0.6 is 11.3 Å². The molecule has 0 aliphatic rings. The molecule has 22 heavy (non-hydrogen) atoms. The molecule has 2 rings (SSSR count). The highest BCUT2D eigenvalue weighted by Gasteiger charge is 2.17. The Morgan fingerprint density at radius 3 is 2.59 bits per heavy atom. The standard InChI is InChI=1S/C15H23N5OS/c1-9-12(4)22-15(18-9)20-11(3)13(10(2)19-20)8-14(21)17-7-5-6-16/h5-8,16H2,1-4H3,(H,17,21). The Bertz CT molecular complexity index is 654. The lowest BCUT2D eigenvalue weighted by Gasteiger charge is -2.05. The van der Waals surface area contributed by atoms with Gasteiger partial charge in [0.25, 0.3) is 0 Å². The molecule has 0 unspecified atom stereocenters. The number of nitrogens with zero attached hydrogens (tertiary/aromatic N) is 3. The Kier molecular flexibility index (Phi) is 5.31. The maximum atomic E-state index is 12.0. The van der Waals surface area contributed by atoms with Crippen molar-refractivity contribution in [3.8, 4) is 5.13 Å². The van der Waals surface area contributed by atoms with E-state index in [1.807, 2.05) is 32.4 Å². The summed E-state index contributed by atoms with van der Waals surface area (Å²) in [6.45, 7) is 9.15. The van der Waals surface area contributed by atoms with Crippen molar-refractivity contribution in [1.82, 2.24) is 20.1 Å². The van der Waals surface area contributed by atoms with Crippen molar-refractivity contribution in [2.75, 3.05) is 13.1 Å². The van der Waals surface area contributed by atoms with Crippen molar-refractivity contribution < 1.29 is 4.79 Å². The van der Waals surface area contributed by atoms with Gasteiger partial charge in [-0.05, 0) is 40.7 Å². The Hall–Kier alpha value is -1.73. The highest BCUT2D eigenvalue weighted by Crippen LogP contribution is 2.24. The maximum Gasteiger partial charge on any atom is 0.224 e. The molecular formula is C15H23N5OS. The second-order valence-corrected chi connectivity index (χ2v) is 6.55. The Morgan fingerprint density at radius 2 is 2.00 bits per heavy atom. The van der Waals surface area contributed by atoms with E-state index < -0.39 is 0 Å². The minimum Gasteiger partial charge on any atom is -0.356 e. The summed E-state index contributed by atoms with van der Waals surface area (Å²) in [5.41, 5.74) is 9.26. The second kappa shape index (κ2) is 7.02. The number of rotatable bonds is 6. The molecule has 0 bridgehead atoms. The molecule has 0 spiro atoms. The van der Waals surface area contributed by atoms with Crippen LogP contribution in [0, 0.1) is 27.7 Å². The summed E-state index contributed by atoms with van der Waals surface area (Å²) in [5, 5.41) is 8.28. The molecule has 0 fully saturated rings. The number of amides is 1. The molecule has 2 heterocycles. The van der Waals surface area contributed by atoms with E-state index in [2.05, 4.69) is 15.4 Å². The molecule has 0 aliphatic heterocycles. The normalized spacial score (nSPS) is 11.0. The van der Waals surface area contributed by atoms with Crippen molar-refractivity contribution in [3.63, 3.8) is 0 Å². The van der Waals surface area contributed by atoms with Crippen LogP contribution in [-0.2, 0) is 11.2 Å². The molecule has 2 aromatic heterocycles. The highest BCUT2D eigenvalue weighted by atomic mass is 32.1. The lowest BCUT2D eigenvalue weighted by atomic mass is 10.1. The van der Waals surface area contributed by atoms with Crippen LogP contribution in [0.2, 0.25) is 0 Å². The summed E-state index contributed by atoms with van der Waals surface area (Å²) in [4.78, 5) is 17.7. The fraction of sp³-hybridized carbons (Fsp3) is 0.533. The zero-order valence-electron chi connectivity index (χ0n) is 13.6. The smallest absolute Gasteiger partial charge is 0.224 e. The Labute approximate surface area is 134 Å². The summed E-state index contributed by atoms with van der Waals surface area (Å²) >= 11 is 1.61. The minimum absolute atomic E-state index is 0.00528. The monoisotopic (exact) mass is 321 g/mol. The summed E-state index contributed by atoms with van der Waals surface area (Å²) in [6, 6.07) is 0. The quantitative estimate of drug-likeness (QED) is 0.791. The van der Waals surface area contributed by atoms with Crippen LogP contribution in [-0.4, -0.2) is 33.8 Å². The van der Waals surface area contributed by atoms with E-state index in [0.29, 0.717) is 19.5 Å². The Morgan fingerprint density at radius 1 is 1.27 bits per heavy atom. The lowest BCUT2D eigenvalue weighted by molar-refractivity contribution is -0.120. The molecule has 120 valence electrons. The number of thiazole rings is 1. The van der Waals surface area contributed by atoms with E-state index in [-0.39, 0.29) is 5.91 Å². The second-order valence-electron chi connectivity index (χ2n) is 5.37. The predicted octanol–water partition coefficient (Wildman–Crippen LogP) is 1.57. The molecule has 0 saturated carbocycles. The third kappa shape index (κ3) is 3.53. The first-order valence-electron chi connectivity index (χ1n) is 7.40. The Balaban J connectivity index is 2.18. The van der Waals surface area contributed by atoms with Gasteiger partial charge < -0.3 is 11.1 Å². The van der Waals surface area contributed by atoms with E-state index in [1.54, 1.807) is 11.3 Å². The van der Waals surface area contributed by atoms with Crippen molar-refractivity contribution >= 4 is 17.2 Å². The lowest BCUT2D eigenvalue weighted by Crippen LogP contribution is -2.27. The number of nitrogens with two attached hydrogens (primary N) is 1. The van der Waals surface area contributed by atoms with Crippen LogP contribution in [0.25, 0.3) is 5.13 Å². The number of aromatic nitrogens is 3. The molecule has 2 aromatic rings. The van der Waals surface area contributed by atoms with Gasteiger partial charge >= 0.3 is 0 Å².